The molecular formula is C13H10BIN2. The summed E-state index contributed by atoms with van der Waals surface area (Å²) in [5.74, 6) is 0. The first-order valence-corrected chi connectivity index (χ1v) is 6.53. The third kappa shape index (κ3) is 1.86. The van der Waals surface area contributed by atoms with Gasteiger partial charge in [0.05, 0.1) is 0 Å². The van der Waals surface area contributed by atoms with Crippen LogP contribution in [0.3, 0.4) is 0 Å². The van der Waals surface area contributed by atoms with Gasteiger partial charge in [0.1, 0.15) is 22.9 Å². The first-order valence-electron chi connectivity index (χ1n) is 5.45. The van der Waals surface area contributed by atoms with Gasteiger partial charge in [-0.05, 0) is 34.7 Å². The number of hydrogen-bond donors (Lipinski definition) is 0. The fourth-order valence-electron chi connectivity index (χ4n) is 1.86. The van der Waals surface area contributed by atoms with Crippen molar-refractivity contribution in [3.8, 4) is 11.3 Å². The van der Waals surface area contributed by atoms with E-state index in [-0.39, 0.29) is 0 Å². The molecule has 0 saturated carbocycles. The van der Waals surface area contributed by atoms with Gasteiger partial charge in [0.25, 0.3) is 0 Å². The van der Waals surface area contributed by atoms with Crippen LogP contribution in [-0.4, -0.2) is 17.2 Å². The Morgan fingerprint density at radius 3 is 2.53 bits per heavy atom. The molecule has 0 fully saturated rings. The Morgan fingerprint density at radius 2 is 1.82 bits per heavy atom. The Morgan fingerprint density at radius 1 is 1.06 bits per heavy atom. The third-order valence-corrected chi connectivity index (χ3v) is 3.83. The summed E-state index contributed by atoms with van der Waals surface area (Å²) in [6, 6.07) is 14.6. The third-order valence-electron chi connectivity index (χ3n) is 2.80. The van der Waals surface area contributed by atoms with Crippen molar-refractivity contribution in [2.75, 3.05) is 0 Å². The maximum absolute atomic E-state index is 4.67. The molecule has 82 valence electrons. The second-order valence-corrected chi connectivity index (χ2v) is 5.07. The molecule has 0 spiro atoms. The molecule has 2 nitrogen and oxygen atoms in total. The molecule has 3 rings (SSSR count). The summed E-state index contributed by atoms with van der Waals surface area (Å²) >= 11 is 2.35. The zero-order chi connectivity index (χ0) is 11.8. The van der Waals surface area contributed by atoms with Gasteiger partial charge in [-0.15, -0.1) is 0 Å². The molecule has 17 heavy (non-hydrogen) atoms. The average molecular weight is 332 g/mol. The van der Waals surface area contributed by atoms with Gasteiger partial charge in [-0.1, -0.05) is 35.8 Å². The van der Waals surface area contributed by atoms with E-state index in [0.717, 1.165) is 15.0 Å². The lowest BCUT2D eigenvalue weighted by Gasteiger charge is -1.99. The fourth-order valence-corrected chi connectivity index (χ4v) is 2.70. The van der Waals surface area contributed by atoms with E-state index in [4.69, 9.17) is 0 Å². The second-order valence-electron chi connectivity index (χ2n) is 4.05. The van der Waals surface area contributed by atoms with Gasteiger partial charge in [-0.25, -0.2) is 4.98 Å². The number of fused-ring (bicyclic) bond motifs is 1. The van der Waals surface area contributed by atoms with Gasteiger partial charge in [0.15, 0.2) is 0 Å². The van der Waals surface area contributed by atoms with Crippen molar-refractivity contribution >= 4 is 41.5 Å². The molecule has 4 heteroatoms. The molecule has 1 aromatic carbocycles. The van der Waals surface area contributed by atoms with Crippen LogP contribution in [0.25, 0.3) is 16.9 Å². The first kappa shape index (κ1) is 10.8. The van der Waals surface area contributed by atoms with Gasteiger partial charge in [0, 0.05) is 11.8 Å². The van der Waals surface area contributed by atoms with Crippen LogP contribution in [0.2, 0.25) is 0 Å². The monoisotopic (exact) mass is 332 g/mol. The summed E-state index contributed by atoms with van der Waals surface area (Å²) in [7, 11) is 2.10. The van der Waals surface area contributed by atoms with Gasteiger partial charge in [-0.2, -0.15) is 0 Å². The topological polar surface area (TPSA) is 17.3 Å². The minimum atomic E-state index is 0.993. The van der Waals surface area contributed by atoms with Gasteiger partial charge in [-0.3, -0.25) is 4.40 Å². The van der Waals surface area contributed by atoms with E-state index < -0.39 is 0 Å². The summed E-state index contributed by atoms with van der Waals surface area (Å²) in [6.45, 7) is 0. The normalized spacial score (nSPS) is 10.9. The van der Waals surface area contributed by atoms with E-state index in [0.29, 0.717) is 0 Å². The second kappa shape index (κ2) is 4.18. The maximum Gasteiger partial charge on any atom is 0.139 e. The summed E-state index contributed by atoms with van der Waals surface area (Å²) in [6.07, 6.45) is 2.04. The van der Waals surface area contributed by atoms with E-state index in [1.165, 1.54) is 11.0 Å². The Labute approximate surface area is 114 Å². The number of pyridine rings is 1. The lowest BCUT2D eigenvalue weighted by Crippen LogP contribution is -1.99. The smallest absolute Gasteiger partial charge is 0.139 e. The number of halogens is 1. The van der Waals surface area contributed by atoms with Crippen molar-refractivity contribution in [2.45, 2.75) is 0 Å². The largest absolute Gasteiger partial charge is 0.294 e. The van der Waals surface area contributed by atoms with Crippen LogP contribution in [-0.2, 0) is 0 Å². The predicted octanol–water partition coefficient (Wildman–Crippen LogP) is 1.86. The van der Waals surface area contributed by atoms with Crippen LogP contribution >= 0.6 is 22.6 Å². The van der Waals surface area contributed by atoms with Crippen LogP contribution in [0.15, 0.2) is 48.7 Å². The Bertz CT molecular complexity index is 673. The fraction of sp³-hybridized carbons (Fsp3) is 0. The maximum atomic E-state index is 4.67. The summed E-state index contributed by atoms with van der Waals surface area (Å²) in [4.78, 5) is 4.67. The molecule has 0 aliphatic carbocycles. The molecule has 0 aliphatic heterocycles. The van der Waals surface area contributed by atoms with Gasteiger partial charge >= 0.3 is 0 Å². The molecule has 0 unspecified atom stereocenters. The highest BCUT2D eigenvalue weighted by Crippen LogP contribution is 2.24. The molecular weight excluding hydrogens is 322 g/mol. The van der Waals surface area contributed by atoms with Crippen molar-refractivity contribution in [1.29, 1.82) is 0 Å². The predicted molar refractivity (Wildman–Crippen MR) is 81.5 cm³/mol. The number of rotatable bonds is 1. The van der Waals surface area contributed by atoms with Crippen molar-refractivity contribution in [3.63, 3.8) is 0 Å². The van der Waals surface area contributed by atoms with E-state index in [2.05, 4.69) is 64.1 Å². The standard InChI is InChI=1S/C13H10BIN2/c14-10-6-4-9(5-7-10)12-13(15)17-8-2-1-3-11(17)16-12/h1-8H,14H2. The van der Waals surface area contributed by atoms with Crippen LogP contribution in [0.4, 0.5) is 0 Å². The quantitative estimate of drug-likeness (QED) is 0.491. The molecule has 0 amide bonds. The highest BCUT2D eigenvalue weighted by atomic mass is 127. The van der Waals surface area contributed by atoms with Crippen LogP contribution < -0.4 is 5.46 Å². The average Bonchev–Trinajstić information content (AvgIpc) is 2.69. The Hall–Kier alpha value is -1.30. The zero-order valence-corrected chi connectivity index (χ0v) is 11.5. The molecule has 2 heterocycles. The molecule has 3 aromatic rings. The summed E-state index contributed by atoms with van der Waals surface area (Å²) in [5, 5.41) is 0. The lowest BCUT2D eigenvalue weighted by molar-refractivity contribution is 1.15. The number of benzene rings is 1. The van der Waals surface area contributed by atoms with Crippen molar-refractivity contribution in [2.24, 2.45) is 0 Å². The van der Waals surface area contributed by atoms with Crippen LogP contribution in [0.1, 0.15) is 0 Å². The van der Waals surface area contributed by atoms with E-state index in [9.17, 15) is 0 Å². The SMILES string of the molecule is Bc1ccc(-c2nc3ccccn3c2I)cc1. The first-order chi connectivity index (χ1) is 8.25. The number of imidazole rings is 1. The van der Waals surface area contributed by atoms with Gasteiger partial charge in [0.2, 0.25) is 0 Å². The van der Waals surface area contributed by atoms with Crippen molar-refractivity contribution in [3.05, 3.63) is 52.4 Å². The molecule has 0 N–H and O–H groups in total. The van der Waals surface area contributed by atoms with Crippen molar-refractivity contribution in [1.82, 2.24) is 9.38 Å². The molecule has 0 bridgehead atoms. The van der Waals surface area contributed by atoms with Crippen LogP contribution in [0, 0.1) is 3.70 Å². The Kier molecular flexibility index (Phi) is 2.66. The van der Waals surface area contributed by atoms with Crippen molar-refractivity contribution < 1.29 is 0 Å². The van der Waals surface area contributed by atoms with E-state index in [1.807, 2.05) is 24.4 Å². The molecule has 0 radical (unpaired) electrons. The van der Waals surface area contributed by atoms with Gasteiger partial charge < -0.3 is 0 Å². The van der Waals surface area contributed by atoms with Crippen LogP contribution in [0.5, 0.6) is 0 Å². The minimum absolute atomic E-state index is 0.993. The highest BCUT2D eigenvalue weighted by molar-refractivity contribution is 14.1. The van der Waals surface area contributed by atoms with E-state index >= 15 is 0 Å². The highest BCUT2D eigenvalue weighted by Gasteiger charge is 2.10. The molecule has 0 aliphatic rings. The number of hydrogen-bond acceptors (Lipinski definition) is 1. The lowest BCUT2D eigenvalue weighted by atomic mass is 9.95. The minimum Gasteiger partial charge on any atom is -0.294 e. The molecule has 2 aromatic heterocycles. The molecule has 0 saturated heterocycles. The number of aromatic nitrogens is 2. The molecule has 0 atom stereocenters. The number of nitrogens with zero attached hydrogens (tertiary/aromatic N) is 2. The van der Waals surface area contributed by atoms with E-state index in [1.54, 1.807) is 0 Å². The summed E-state index contributed by atoms with van der Waals surface area (Å²) < 4.78 is 3.26. The zero-order valence-electron chi connectivity index (χ0n) is 9.39. The summed E-state index contributed by atoms with van der Waals surface area (Å²) in [5.41, 5.74) is 4.49. The Balaban J connectivity index is 2.24.